The van der Waals surface area contributed by atoms with E-state index in [-0.39, 0.29) is 0 Å². The lowest BCUT2D eigenvalue weighted by molar-refractivity contribution is 0.266. The zero-order valence-corrected chi connectivity index (χ0v) is 12.9. The van der Waals surface area contributed by atoms with Gasteiger partial charge in [0.2, 0.25) is 0 Å². The van der Waals surface area contributed by atoms with Gasteiger partial charge >= 0.3 is 0 Å². The van der Waals surface area contributed by atoms with Gasteiger partial charge in [-0.05, 0) is 56.6 Å². The van der Waals surface area contributed by atoms with Crippen molar-refractivity contribution >= 4 is 0 Å². The van der Waals surface area contributed by atoms with Crippen LogP contribution in [0.2, 0.25) is 0 Å². The van der Waals surface area contributed by atoms with Crippen LogP contribution in [0.3, 0.4) is 0 Å². The van der Waals surface area contributed by atoms with E-state index in [0.717, 1.165) is 26.1 Å². The van der Waals surface area contributed by atoms with E-state index in [0.29, 0.717) is 0 Å². The summed E-state index contributed by atoms with van der Waals surface area (Å²) in [5.74, 6) is 0. The molecule has 2 heteroatoms. The van der Waals surface area contributed by atoms with Crippen LogP contribution in [-0.2, 0) is 13.0 Å². The van der Waals surface area contributed by atoms with Crippen LogP contribution in [0.1, 0.15) is 44.7 Å². The van der Waals surface area contributed by atoms with Crippen molar-refractivity contribution in [3.63, 3.8) is 0 Å². The van der Waals surface area contributed by atoms with Crippen molar-refractivity contribution in [2.45, 2.75) is 46.6 Å². The van der Waals surface area contributed by atoms with Gasteiger partial charge in [0.25, 0.3) is 0 Å². The summed E-state index contributed by atoms with van der Waals surface area (Å²) >= 11 is 0. The van der Waals surface area contributed by atoms with Gasteiger partial charge < -0.3 is 5.32 Å². The summed E-state index contributed by atoms with van der Waals surface area (Å²) in [4.78, 5) is 2.58. The molecule has 0 aliphatic rings. The number of nitrogens with zero attached hydrogens (tertiary/aromatic N) is 1. The first-order valence-electron chi connectivity index (χ1n) is 7.81. The smallest absolute Gasteiger partial charge is 0.0236 e. The number of benzene rings is 1. The van der Waals surface area contributed by atoms with E-state index in [4.69, 9.17) is 0 Å². The maximum absolute atomic E-state index is 3.41. The molecule has 0 fully saturated rings. The van der Waals surface area contributed by atoms with Gasteiger partial charge in [-0.15, -0.1) is 0 Å². The van der Waals surface area contributed by atoms with Crippen molar-refractivity contribution in [1.82, 2.24) is 10.2 Å². The van der Waals surface area contributed by atoms with Crippen LogP contribution < -0.4 is 5.32 Å². The van der Waals surface area contributed by atoms with Crippen molar-refractivity contribution in [3.05, 3.63) is 35.4 Å². The minimum absolute atomic E-state index is 1.06. The van der Waals surface area contributed by atoms with Crippen LogP contribution >= 0.6 is 0 Å². The van der Waals surface area contributed by atoms with Crippen LogP contribution in [0.15, 0.2) is 24.3 Å². The maximum Gasteiger partial charge on any atom is 0.0236 e. The molecule has 1 rings (SSSR count). The summed E-state index contributed by atoms with van der Waals surface area (Å²) in [5.41, 5.74) is 3.00. The lowest BCUT2D eigenvalue weighted by atomic mass is 10.0. The van der Waals surface area contributed by atoms with Crippen LogP contribution in [0, 0.1) is 0 Å². The monoisotopic (exact) mass is 262 g/mol. The highest BCUT2D eigenvalue weighted by molar-refractivity contribution is 5.27. The van der Waals surface area contributed by atoms with Crippen molar-refractivity contribution < 1.29 is 0 Å². The molecular formula is C17H30N2. The summed E-state index contributed by atoms with van der Waals surface area (Å²) in [6, 6.07) is 8.90. The van der Waals surface area contributed by atoms with Gasteiger partial charge in [0.15, 0.2) is 0 Å². The minimum atomic E-state index is 1.06. The van der Waals surface area contributed by atoms with Crippen LogP contribution in [0.25, 0.3) is 0 Å². The molecule has 0 radical (unpaired) electrons. The van der Waals surface area contributed by atoms with Gasteiger partial charge in [-0.25, -0.2) is 0 Å². The predicted molar refractivity (Wildman–Crippen MR) is 84.5 cm³/mol. The third kappa shape index (κ3) is 6.22. The molecule has 0 aliphatic carbocycles. The van der Waals surface area contributed by atoms with Crippen molar-refractivity contribution in [2.75, 3.05) is 26.2 Å². The SMILES string of the molecule is CCCN(CCC)Cc1ccccc1CCNCC. The van der Waals surface area contributed by atoms with Gasteiger partial charge in [-0.3, -0.25) is 4.90 Å². The fourth-order valence-corrected chi connectivity index (χ4v) is 2.50. The molecule has 0 saturated heterocycles. The quantitative estimate of drug-likeness (QED) is 0.650. The Morgan fingerprint density at radius 3 is 2.16 bits per heavy atom. The Morgan fingerprint density at radius 1 is 0.947 bits per heavy atom. The number of hydrogen-bond acceptors (Lipinski definition) is 2. The summed E-state index contributed by atoms with van der Waals surface area (Å²) in [7, 11) is 0. The minimum Gasteiger partial charge on any atom is -0.317 e. The van der Waals surface area contributed by atoms with E-state index in [2.05, 4.69) is 55.3 Å². The molecule has 1 N–H and O–H groups in total. The highest BCUT2D eigenvalue weighted by Gasteiger charge is 2.07. The molecule has 1 aromatic carbocycles. The lowest BCUT2D eigenvalue weighted by Crippen LogP contribution is -2.26. The Labute approximate surface area is 119 Å². The molecule has 2 nitrogen and oxygen atoms in total. The van der Waals surface area contributed by atoms with Gasteiger partial charge in [-0.1, -0.05) is 45.0 Å². The Morgan fingerprint density at radius 2 is 1.58 bits per heavy atom. The average Bonchev–Trinajstić information content (AvgIpc) is 2.41. The highest BCUT2D eigenvalue weighted by Crippen LogP contribution is 2.13. The van der Waals surface area contributed by atoms with E-state index < -0.39 is 0 Å². The molecule has 0 spiro atoms. The maximum atomic E-state index is 3.41. The summed E-state index contributed by atoms with van der Waals surface area (Å²) in [6.07, 6.45) is 3.61. The van der Waals surface area contributed by atoms with Crippen LogP contribution in [-0.4, -0.2) is 31.1 Å². The molecule has 0 aromatic heterocycles. The van der Waals surface area contributed by atoms with E-state index >= 15 is 0 Å². The topological polar surface area (TPSA) is 15.3 Å². The molecule has 19 heavy (non-hydrogen) atoms. The second-order valence-electron chi connectivity index (χ2n) is 5.15. The van der Waals surface area contributed by atoms with Crippen LogP contribution in [0.4, 0.5) is 0 Å². The van der Waals surface area contributed by atoms with Crippen molar-refractivity contribution in [3.8, 4) is 0 Å². The van der Waals surface area contributed by atoms with E-state index in [1.54, 1.807) is 0 Å². The molecule has 108 valence electrons. The molecule has 0 heterocycles. The highest BCUT2D eigenvalue weighted by atomic mass is 15.1. The van der Waals surface area contributed by atoms with E-state index in [9.17, 15) is 0 Å². The first-order chi connectivity index (χ1) is 9.31. The van der Waals surface area contributed by atoms with Gasteiger partial charge in [-0.2, -0.15) is 0 Å². The number of hydrogen-bond donors (Lipinski definition) is 1. The Hall–Kier alpha value is -0.860. The predicted octanol–water partition coefficient (Wildman–Crippen LogP) is 3.46. The number of rotatable bonds is 10. The Bertz CT molecular complexity index is 330. The third-order valence-electron chi connectivity index (χ3n) is 3.41. The van der Waals surface area contributed by atoms with Gasteiger partial charge in [0, 0.05) is 6.54 Å². The second kappa shape index (κ2) is 9.99. The van der Waals surface area contributed by atoms with E-state index in [1.165, 1.54) is 37.1 Å². The summed E-state index contributed by atoms with van der Waals surface area (Å²) < 4.78 is 0. The zero-order valence-electron chi connectivity index (χ0n) is 12.9. The second-order valence-corrected chi connectivity index (χ2v) is 5.15. The van der Waals surface area contributed by atoms with Crippen molar-refractivity contribution in [1.29, 1.82) is 0 Å². The number of nitrogens with one attached hydrogen (secondary N) is 1. The fourth-order valence-electron chi connectivity index (χ4n) is 2.50. The summed E-state index contributed by atoms with van der Waals surface area (Å²) in [6.45, 7) is 12.3. The Balaban J connectivity index is 2.63. The van der Waals surface area contributed by atoms with E-state index in [1.807, 2.05) is 0 Å². The molecule has 0 amide bonds. The van der Waals surface area contributed by atoms with Crippen molar-refractivity contribution in [2.24, 2.45) is 0 Å². The molecular weight excluding hydrogens is 232 g/mol. The van der Waals surface area contributed by atoms with Crippen LogP contribution in [0.5, 0.6) is 0 Å². The normalized spacial score (nSPS) is 11.2. The fraction of sp³-hybridized carbons (Fsp3) is 0.647. The molecule has 0 atom stereocenters. The first-order valence-corrected chi connectivity index (χ1v) is 7.81. The largest absolute Gasteiger partial charge is 0.317 e. The molecule has 1 aromatic rings. The van der Waals surface area contributed by atoms with Gasteiger partial charge in [0.05, 0.1) is 0 Å². The van der Waals surface area contributed by atoms with Gasteiger partial charge in [0.1, 0.15) is 0 Å². The summed E-state index contributed by atoms with van der Waals surface area (Å²) in [5, 5.41) is 3.41. The molecule has 0 aliphatic heterocycles. The molecule has 0 bridgehead atoms. The standard InChI is InChI=1S/C17H30N2/c1-4-13-19(14-5-2)15-17-10-8-7-9-16(17)11-12-18-6-3/h7-10,18H,4-6,11-15H2,1-3H3. The third-order valence-corrected chi connectivity index (χ3v) is 3.41. The lowest BCUT2D eigenvalue weighted by Gasteiger charge is -2.22. The zero-order chi connectivity index (χ0) is 13.9. The molecule has 0 unspecified atom stereocenters. The molecule has 0 saturated carbocycles. The number of likely N-dealkylation sites (N-methyl/N-ethyl adjacent to an activating group) is 1. The first kappa shape index (κ1) is 16.2. The average molecular weight is 262 g/mol. The Kier molecular flexibility index (Phi) is 8.52.